The van der Waals surface area contributed by atoms with Gasteiger partial charge >= 0.3 is 0 Å². The van der Waals surface area contributed by atoms with Gasteiger partial charge in [-0.1, -0.05) is 42.1 Å². The molecule has 0 saturated heterocycles. The molecule has 0 fully saturated rings. The molecule has 0 spiro atoms. The fourth-order valence-electron chi connectivity index (χ4n) is 2.21. The fourth-order valence-corrected chi connectivity index (χ4v) is 2.97. The Morgan fingerprint density at radius 3 is 2.73 bits per heavy atom. The highest BCUT2D eigenvalue weighted by Crippen LogP contribution is 2.21. The van der Waals surface area contributed by atoms with Crippen molar-refractivity contribution in [2.75, 3.05) is 11.1 Å². The maximum atomic E-state index is 12.4. The summed E-state index contributed by atoms with van der Waals surface area (Å²) in [5.74, 6) is 0.584. The average molecular weight is 361 g/mol. The molecule has 0 atom stereocenters. The molecular formula is C19H15N5OS. The summed E-state index contributed by atoms with van der Waals surface area (Å²) >= 11 is 1.39. The molecule has 1 amide bonds. The molecule has 128 valence electrons. The van der Waals surface area contributed by atoms with Gasteiger partial charge in [-0.05, 0) is 29.8 Å². The minimum Gasteiger partial charge on any atom is -0.382 e. The molecule has 3 N–H and O–H groups in total. The summed E-state index contributed by atoms with van der Waals surface area (Å²) in [4.78, 5) is 20.6. The molecular weight excluding hydrogens is 346 g/mol. The highest BCUT2D eigenvalue weighted by atomic mass is 32.2. The molecule has 0 aliphatic heterocycles. The average Bonchev–Trinajstić information content (AvgIpc) is 2.67. The highest BCUT2D eigenvalue weighted by molar-refractivity contribution is 7.98. The van der Waals surface area contributed by atoms with Crippen LogP contribution in [0.15, 0.2) is 66.0 Å². The Balaban J connectivity index is 1.66. The van der Waals surface area contributed by atoms with Gasteiger partial charge in [-0.25, -0.2) is 9.97 Å². The van der Waals surface area contributed by atoms with Crippen molar-refractivity contribution in [1.29, 1.82) is 5.26 Å². The van der Waals surface area contributed by atoms with Crippen molar-refractivity contribution in [3.05, 3.63) is 77.5 Å². The topological polar surface area (TPSA) is 105 Å². The van der Waals surface area contributed by atoms with E-state index >= 15 is 0 Å². The van der Waals surface area contributed by atoms with Crippen molar-refractivity contribution in [3.63, 3.8) is 0 Å². The van der Waals surface area contributed by atoms with E-state index in [2.05, 4.69) is 15.3 Å². The van der Waals surface area contributed by atoms with Crippen LogP contribution in [0, 0.1) is 11.3 Å². The Kier molecular flexibility index (Phi) is 5.46. The summed E-state index contributed by atoms with van der Waals surface area (Å²) in [5.41, 5.74) is 8.24. The number of aromatic nitrogens is 2. The second-order valence-corrected chi connectivity index (χ2v) is 6.31. The summed E-state index contributed by atoms with van der Waals surface area (Å²) < 4.78 is 0. The number of nitrogen functional groups attached to an aromatic ring is 1. The van der Waals surface area contributed by atoms with E-state index < -0.39 is 0 Å². The van der Waals surface area contributed by atoms with Gasteiger partial charge in [0.25, 0.3) is 5.91 Å². The fraction of sp³-hybridized carbons (Fsp3) is 0.0526. The first-order valence-corrected chi connectivity index (χ1v) is 8.75. The number of nitrogens with zero attached hydrogens (tertiary/aromatic N) is 3. The lowest BCUT2D eigenvalue weighted by molar-refractivity contribution is 0.102. The van der Waals surface area contributed by atoms with Gasteiger partial charge in [0, 0.05) is 17.0 Å². The third-order valence-corrected chi connectivity index (χ3v) is 4.44. The first kappa shape index (κ1) is 17.5. The van der Waals surface area contributed by atoms with Gasteiger partial charge in [-0.3, -0.25) is 4.79 Å². The Morgan fingerprint density at radius 2 is 2.00 bits per heavy atom. The summed E-state index contributed by atoms with van der Waals surface area (Å²) in [5, 5.41) is 12.2. The Hall–Kier alpha value is -3.37. The lowest BCUT2D eigenvalue weighted by Gasteiger charge is -2.07. The number of anilines is 2. The molecule has 0 unspecified atom stereocenters. The van der Waals surface area contributed by atoms with Crippen LogP contribution in [0.5, 0.6) is 0 Å². The van der Waals surface area contributed by atoms with Crippen LogP contribution in [0.4, 0.5) is 11.5 Å². The lowest BCUT2D eigenvalue weighted by Crippen LogP contribution is -2.11. The predicted octanol–water partition coefficient (Wildman–Crippen LogP) is 3.48. The summed E-state index contributed by atoms with van der Waals surface area (Å²) in [6.07, 6.45) is 1.41. The number of hydrogen-bond donors (Lipinski definition) is 2. The van der Waals surface area contributed by atoms with E-state index in [-0.39, 0.29) is 17.3 Å². The molecule has 0 bridgehead atoms. The molecule has 3 aromatic rings. The van der Waals surface area contributed by atoms with Crippen molar-refractivity contribution in [2.45, 2.75) is 10.9 Å². The predicted molar refractivity (Wildman–Crippen MR) is 102 cm³/mol. The zero-order chi connectivity index (χ0) is 18.4. The highest BCUT2D eigenvalue weighted by Gasteiger charge is 2.08. The zero-order valence-corrected chi connectivity index (χ0v) is 14.5. The summed E-state index contributed by atoms with van der Waals surface area (Å²) in [6.45, 7) is 0. The molecule has 0 saturated carbocycles. The monoisotopic (exact) mass is 361 g/mol. The van der Waals surface area contributed by atoms with Crippen molar-refractivity contribution >= 4 is 29.2 Å². The number of amides is 1. The van der Waals surface area contributed by atoms with Gasteiger partial charge in [-0.2, -0.15) is 5.26 Å². The van der Waals surface area contributed by atoms with E-state index in [0.29, 0.717) is 16.5 Å². The number of rotatable bonds is 5. The Labute approximate surface area is 155 Å². The number of carbonyl (C=O) groups is 1. The molecule has 3 rings (SSSR count). The minimum absolute atomic E-state index is 0.165. The number of hydrogen-bond acceptors (Lipinski definition) is 6. The quantitative estimate of drug-likeness (QED) is 0.532. The van der Waals surface area contributed by atoms with Gasteiger partial charge in [0.15, 0.2) is 5.16 Å². The molecule has 6 nitrogen and oxygen atoms in total. The molecule has 0 aliphatic rings. The first-order valence-electron chi connectivity index (χ1n) is 7.76. The third kappa shape index (κ3) is 4.37. The Bertz CT molecular complexity index is 969. The summed E-state index contributed by atoms with van der Waals surface area (Å²) in [7, 11) is 0. The van der Waals surface area contributed by atoms with Gasteiger partial charge in [0.1, 0.15) is 17.5 Å². The van der Waals surface area contributed by atoms with Crippen molar-refractivity contribution in [1.82, 2.24) is 9.97 Å². The molecule has 0 aliphatic carbocycles. The van der Waals surface area contributed by atoms with Crippen molar-refractivity contribution in [3.8, 4) is 6.07 Å². The number of nitriles is 1. The third-order valence-electron chi connectivity index (χ3n) is 3.51. The minimum atomic E-state index is -0.165. The van der Waals surface area contributed by atoms with E-state index in [4.69, 9.17) is 11.0 Å². The molecule has 0 radical (unpaired) electrons. The van der Waals surface area contributed by atoms with Gasteiger partial charge in [0.05, 0.1) is 6.20 Å². The van der Waals surface area contributed by atoms with Crippen LogP contribution in [0.1, 0.15) is 21.5 Å². The number of carbonyl (C=O) groups excluding carboxylic acids is 1. The normalized spacial score (nSPS) is 10.1. The van der Waals surface area contributed by atoms with E-state index in [1.807, 2.05) is 54.6 Å². The van der Waals surface area contributed by atoms with Crippen LogP contribution >= 0.6 is 11.8 Å². The standard InChI is InChI=1S/C19H15N5OS/c20-10-15-11-22-19(24-17(15)21)26-12-13-5-4-6-14(9-13)18(25)23-16-7-2-1-3-8-16/h1-9,11H,12H2,(H,23,25)(H2,21,22,24). The second-order valence-electron chi connectivity index (χ2n) is 5.37. The largest absolute Gasteiger partial charge is 0.382 e. The van der Waals surface area contributed by atoms with E-state index in [1.54, 1.807) is 6.07 Å². The van der Waals surface area contributed by atoms with Gasteiger partial charge in [0.2, 0.25) is 0 Å². The number of nitrogens with one attached hydrogen (secondary N) is 1. The molecule has 26 heavy (non-hydrogen) atoms. The number of para-hydroxylation sites is 1. The second kappa shape index (κ2) is 8.14. The molecule has 7 heteroatoms. The zero-order valence-electron chi connectivity index (χ0n) is 13.7. The van der Waals surface area contributed by atoms with E-state index in [0.717, 1.165) is 11.3 Å². The SMILES string of the molecule is N#Cc1cnc(SCc2cccc(C(=O)Nc3ccccc3)c2)nc1N. The van der Waals surface area contributed by atoms with Crippen molar-refractivity contribution in [2.24, 2.45) is 0 Å². The van der Waals surface area contributed by atoms with E-state index in [1.165, 1.54) is 18.0 Å². The number of benzene rings is 2. The van der Waals surface area contributed by atoms with Crippen LogP contribution in [-0.4, -0.2) is 15.9 Å². The van der Waals surface area contributed by atoms with Crippen LogP contribution in [0.3, 0.4) is 0 Å². The van der Waals surface area contributed by atoms with E-state index in [9.17, 15) is 4.79 Å². The molecule has 2 aromatic carbocycles. The van der Waals surface area contributed by atoms with Crippen molar-refractivity contribution < 1.29 is 4.79 Å². The van der Waals surface area contributed by atoms with Crippen LogP contribution in [-0.2, 0) is 5.75 Å². The van der Waals surface area contributed by atoms with Gasteiger partial charge < -0.3 is 11.1 Å². The molecule has 1 heterocycles. The number of thioether (sulfide) groups is 1. The smallest absolute Gasteiger partial charge is 0.255 e. The summed E-state index contributed by atoms with van der Waals surface area (Å²) in [6, 6.07) is 18.6. The maximum Gasteiger partial charge on any atom is 0.255 e. The first-order chi connectivity index (χ1) is 12.7. The van der Waals surface area contributed by atoms with Crippen LogP contribution < -0.4 is 11.1 Å². The lowest BCUT2D eigenvalue weighted by atomic mass is 10.1. The molecule has 1 aromatic heterocycles. The van der Waals surface area contributed by atoms with Gasteiger partial charge in [-0.15, -0.1) is 0 Å². The van der Waals surface area contributed by atoms with Crippen LogP contribution in [0.25, 0.3) is 0 Å². The maximum absolute atomic E-state index is 12.4. The Morgan fingerprint density at radius 1 is 1.19 bits per heavy atom. The van der Waals surface area contributed by atoms with Crippen LogP contribution in [0.2, 0.25) is 0 Å². The number of nitrogens with two attached hydrogens (primary N) is 1.